The third-order valence-corrected chi connectivity index (χ3v) is 6.31. The number of para-hydroxylation sites is 1. The molecule has 0 radical (unpaired) electrons. The SMILES string of the molecule is COC(=O)C(C)CS(=O)(=O)N1Cc2ccccc2N(C)CC1C. The van der Waals surface area contributed by atoms with E-state index in [1.54, 1.807) is 6.92 Å². The summed E-state index contributed by atoms with van der Waals surface area (Å²) in [6, 6.07) is 7.61. The van der Waals surface area contributed by atoms with Crippen LogP contribution in [-0.4, -0.2) is 51.2 Å². The molecule has 1 aromatic rings. The van der Waals surface area contributed by atoms with Crippen LogP contribution >= 0.6 is 0 Å². The fourth-order valence-electron chi connectivity index (χ4n) is 2.98. The molecule has 0 amide bonds. The quantitative estimate of drug-likeness (QED) is 0.777. The normalized spacial score (nSPS) is 20.5. The van der Waals surface area contributed by atoms with Crippen LogP contribution in [0, 0.1) is 5.92 Å². The summed E-state index contributed by atoms with van der Waals surface area (Å²) in [4.78, 5) is 13.6. The van der Waals surface area contributed by atoms with Gasteiger partial charge in [-0.1, -0.05) is 25.1 Å². The Morgan fingerprint density at radius 2 is 2.04 bits per heavy atom. The van der Waals surface area contributed by atoms with Crippen LogP contribution in [0.2, 0.25) is 0 Å². The van der Waals surface area contributed by atoms with Crippen LogP contribution in [0.25, 0.3) is 0 Å². The minimum Gasteiger partial charge on any atom is -0.469 e. The van der Waals surface area contributed by atoms with Crippen LogP contribution in [0.4, 0.5) is 5.69 Å². The first kappa shape index (κ1) is 17.7. The summed E-state index contributed by atoms with van der Waals surface area (Å²) in [5.41, 5.74) is 2.01. The number of likely N-dealkylation sites (N-methyl/N-ethyl adjacent to an activating group) is 1. The average molecular weight is 340 g/mol. The van der Waals surface area contributed by atoms with Crippen molar-refractivity contribution in [2.75, 3.05) is 31.4 Å². The molecular formula is C16H24N2O4S. The number of anilines is 1. The predicted octanol–water partition coefficient (Wildman–Crippen LogP) is 1.47. The van der Waals surface area contributed by atoms with E-state index in [2.05, 4.69) is 9.64 Å². The van der Waals surface area contributed by atoms with E-state index in [-0.39, 0.29) is 11.8 Å². The number of esters is 1. The van der Waals surface area contributed by atoms with Gasteiger partial charge in [-0.15, -0.1) is 0 Å². The summed E-state index contributed by atoms with van der Waals surface area (Å²) >= 11 is 0. The summed E-state index contributed by atoms with van der Waals surface area (Å²) in [6.07, 6.45) is 0. The summed E-state index contributed by atoms with van der Waals surface area (Å²) in [6.45, 7) is 4.38. The molecule has 0 saturated heterocycles. The summed E-state index contributed by atoms with van der Waals surface area (Å²) in [5, 5.41) is 0. The Morgan fingerprint density at radius 1 is 1.39 bits per heavy atom. The zero-order chi connectivity index (χ0) is 17.2. The second kappa shape index (κ2) is 6.88. The van der Waals surface area contributed by atoms with Crippen LogP contribution in [0.15, 0.2) is 24.3 Å². The number of fused-ring (bicyclic) bond motifs is 1. The average Bonchev–Trinajstić information content (AvgIpc) is 2.63. The molecule has 2 unspecified atom stereocenters. The molecule has 0 fully saturated rings. The minimum absolute atomic E-state index is 0.178. The minimum atomic E-state index is -3.57. The highest BCUT2D eigenvalue weighted by Crippen LogP contribution is 2.28. The van der Waals surface area contributed by atoms with Gasteiger partial charge in [-0.3, -0.25) is 4.79 Å². The van der Waals surface area contributed by atoms with Crippen molar-refractivity contribution in [3.63, 3.8) is 0 Å². The number of nitrogens with zero attached hydrogens (tertiary/aromatic N) is 2. The highest BCUT2D eigenvalue weighted by molar-refractivity contribution is 7.89. The van der Waals surface area contributed by atoms with Gasteiger partial charge in [-0.25, -0.2) is 8.42 Å². The molecule has 7 heteroatoms. The lowest BCUT2D eigenvalue weighted by molar-refractivity contribution is -0.144. The maximum Gasteiger partial charge on any atom is 0.309 e. The van der Waals surface area contributed by atoms with Gasteiger partial charge in [0.25, 0.3) is 0 Å². The molecule has 1 aliphatic rings. The molecule has 23 heavy (non-hydrogen) atoms. The van der Waals surface area contributed by atoms with Crippen molar-refractivity contribution in [2.24, 2.45) is 5.92 Å². The highest BCUT2D eigenvalue weighted by Gasteiger charge is 2.34. The number of carbonyl (C=O) groups is 1. The lowest BCUT2D eigenvalue weighted by Gasteiger charge is -2.28. The third kappa shape index (κ3) is 3.84. The van der Waals surface area contributed by atoms with E-state index in [9.17, 15) is 13.2 Å². The number of ether oxygens (including phenoxy) is 1. The zero-order valence-electron chi connectivity index (χ0n) is 14.0. The molecule has 0 aromatic heterocycles. The van der Waals surface area contributed by atoms with Gasteiger partial charge in [0.05, 0.1) is 18.8 Å². The number of hydrogen-bond acceptors (Lipinski definition) is 5. The van der Waals surface area contributed by atoms with E-state index in [0.717, 1.165) is 11.3 Å². The molecule has 1 aliphatic heterocycles. The number of carbonyl (C=O) groups excluding carboxylic acids is 1. The van der Waals surface area contributed by atoms with Crippen LogP contribution in [0.5, 0.6) is 0 Å². The molecular weight excluding hydrogens is 316 g/mol. The largest absolute Gasteiger partial charge is 0.469 e. The third-order valence-electron chi connectivity index (χ3n) is 4.18. The van der Waals surface area contributed by atoms with Crippen LogP contribution in [-0.2, 0) is 26.1 Å². The lowest BCUT2D eigenvalue weighted by atomic mass is 10.1. The summed E-state index contributed by atoms with van der Waals surface area (Å²) < 4.78 is 31.7. The fraction of sp³-hybridized carbons (Fsp3) is 0.562. The smallest absolute Gasteiger partial charge is 0.309 e. The van der Waals surface area contributed by atoms with Crippen LogP contribution < -0.4 is 4.90 Å². The topological polar surface area (TPSA) is 66.9 Å². The molecule has 2 rings (SSSR count). The first-order valence-corrected chi connectivity index (χ1v) is 9.23. The zero-order valence-corrected chi connectivity index (χ0v) is 14.8. The summed E-state index contributed by atoms with van der Waals surface area (Å²) in [5.74, 6) is -1.43. The van der Waals surface area contributed by atoms with Gasteiger partial charge in [-0.05, 0) is 18.6 Å². The number of methoxy groups -OCH3 is 1. The van der Waals surface area contributed by atoms with E-state index in [1.807, 2.05) is 38.2 Å². The molecule has 0 aliphatic carbocycles. The van der Waals surface area contributed by atoms with Crippen molar-refractivity contribution < 1.29 is 17.9 Å². The van der Waals surface area contributed by atoms with Crippen molar-refractivity contribution in [3.05, 3.63) is 29.8 Å². The Balaban J connectivity index is 2.29. The molecule has 128 valence electrons. The van der Waals surface area contributed by atoms with Crippen molar-refractivity contribution in [1.29, 1.82) is 0 Å². The summed E-state index contributed by atoms with van der Waals surface area (Å²) in [7, 11) is -0.341. The van der Waals surface area contributed by atoms with E-state index in [1.165, 1.54) is 11.4 Å². The molecule has 0 bridgehead atoms. The number of rotatable bonds is 4. The highest BCUT2D eigenvalue weighted by atomic mass is 32.2. The molecule has 0 spiro atoms. The van der Waals surface area contributed by atoms with Crippen molar-refractivity contribution in [2.45, 2.75) is 26.4 Å². The van der Waals surface area contributed by atoms with E-state index in [4.69, 9.17) is 0 Å². The monoisotopic (exact) mass is 340 g/mol. The number of sulfonamides is 1. The lowest BCUT2D eigenvalue weighted by Crippen LogP contribution is -2.44. The molecule has 6 nitrogen and oxygen atoms in total. The Labute approximate surface area is 138 Å². The Hall–Kier alpha value is -1.60. The Kier molecular flexibility index (Phi) is 5.31. The number of hydrogen-bond donors (Lipinski definition) is 0. The Bertz CT molecular complexity index is 674. The van der Waals surface area contributed by atoms with Crippen molar-refractivity contribution >= 4 is 21.7 Å². The van der Waals surface area contributed by atoms with E-state index < -0.39 is 21.9 Å². The van der Waals surface area contributed by atoms with Gasteiger partial charge in [0.15, 0.2) is 0 Å². The van der Waals surface area contributed by atoms with Gasteiger partial charge in [0, 0.05) is 31.9 Å². The van der Waals surface area contributed by atoms with Gasteiger partial charge < -0.3 is 9.64 Å². The van der Waals surface area contributed by atoms with E-state index in [0.29, 0.717) is 13.1 Å². The van der Waals surface area contributed by atoms with Crippen molar-refractivity contribution in [1.82, 2.24) is 4.31 Å². The van der Waals surface area contributed by atoms with Gasteiger partial charge in [0.1, 0.15) is 0 Å². The molecule has 0 N–H and O–H groups in total. The standard InChI is InChI=1S/C16H24N2O4S/c1-12(16(19)22-4)11-23(20,21)18-10-14-7-5-6-8-15(14)17(3)9-13(18)2/h5-8,12-13H,9-11H2,1-4H3. The molecule has 1 heterocycles. The van der Waals surface area contributed by atoms with Crippen LogP contribution in [0.1, 0.15) is 19.4 Å². The van der Waals surface area contributed by atoms with Gasteiger partial charge in [-0.2, -0.15) is 4.31 Å². The van der Waals surface area contributed by atoms with E-state index >= 15 is 0 Å². The second-order valence-corrected chi connectivity index (χ2v) is 8.07. The van der Waals surface area contributed by atoms with Gasteiger partial charge >= 0.3 is 5.97 Å². The molecule has 2 atom stereocenters. The first-order chi connectivity index (χ1) is 10.8. The molecule has 1 aromatic carbocycles. The maximum absolute atomic E-state index is 12.8. The van der Waals surface area contributed by atoms with Gasteiger partial charge in [0.2, 0.25) is 10.0 Å². The second-order valence-electron chi connectivity index (χ2n) is 6.11. The maximum atomic E-state index is 12.8. The van der Waals surface area contributed by atoms with Crippen molar-refractivity contribution in [3.8, 4) is 0 Å². The fourth-order valence-corrected chi connectivity index (χ4v) is 4.89. The Morgan fingerprint density at radius 3 is 2.70 bits per heavy atom. The number of benzene rings is 1. The van der Waals surface area contributed by atoms with Crippen LogP contribution in [0.3, 0.4) is 0 Å². The molecule has 0 saturated carbocycles. The predicted molar refractivity (Wildman–Crippen MR) is 89.7 cm³/mol. The first-order valence-electron chi connectivity index (χ1n) is 7.62.